The Morgan fingerprint density at radius 1 is 0.960 bits per heavy atom. The molecular weight excluding hydrogens is 310 g/mol. The van der Waals surface area contributed by atoms with E-state index in [9.17, 15) is 9.90 Å². The fourth-order valence-electron chi connectivity index (χ4n) is 2.61. The van der Waals surface area contributed by atoms with Crippen LogP contribution in [0.4, 0.5) is 0 Å². The quantitative estimate of drug-likeness (QED) is 0.860. The highest BCUT2D eigenvalue weighted by Crippen LogP contribution is 2.22. The van der Waals surface area contributed by atoms with E-state index in [-0.39, 0.29) is 5.91 Å². The van der Waals surface area contributed by atoms with Gasteiger partial charge in [0.25, 0.3) is 0 Å². The van der Waals surface area contributed by atoms with Crippen molar-refractivity contribution < 1.29 is 9.90 Å². The van der Waals surface area contributed by atoms with Crippen molar-refractivity contribution in [1.29, 1.82) is 0 Å². The van der Waals surface area contributed by atoms with Crippen LogP contribution in [-0.4, -0.2) is 22.8 Å². The zero-order valence-electron chi connectivity index (χ0n) is 14.0. The Kier molecular flexibility index (Phi) is 5.17. The summed E-state index contributed by atoms with van der Waals surface area (Å²) in [6.07, 6.45) is 8.53. The number of rotatable bonds is 3. The molecule has 124 valence electrons. The van der Waals surface area contributed by atoms with E-state index < -0.39 is 6.10 Å². The number of allylic oxidation sites excluding steroid dienone is 2. The second-order valence-corrected chi connectivity index (χ2v) is 5.82. The van der Waals surface area contributed by atoms with Gasteiger partial charge >= 0.3 is 0 Å². The number of aliphatic hydroxyl groups excluding tert-OH is 1. The average Bonchev–Trinajstić information content (AvgIpc) is 2.63. The first-order chi connectivity index (χ1) is 12.1. The van der Waals surface area contributed by atoms with Crippen molar-refractivity contribution in [1.82, 2.24) is 0 Å². The second-order valence-electron chi connectivity index (χ2n) is 5.82. The van der Waals surface area contributed by atoms with Crippen molar-refractivity contribution in [3.8, 4) is 0 Å². The van der Waals surface area contributed by atoms with Gasteiger partial charge in [-0.3, -0.25) is 4.79 Å². The first-order valence-corrected chi connectivity index (χ1v) is 8.12. The standard InChI is InChI=1S/C22H19NO2/c1-16(24)23-21-14-13-20(15-22(21)25)19-11-9-18(10-12-19)8-7-17-5-3-2-4-6-17/h2-15,22,25H,1H3/b8-7+,23-21?. The molecule has 0 radical (unpaired) electrons. The summed E-state index contributed by atoms with van der Waals surface area (Å²) in [5, 5.41) is 10.1. The van der Waals surface area contributed by atoms with Gasteiger partial charge in [0.2, 0.25) is 5.91 Å². The van der Waals surface area contributed by atoms with Crippen LogP contribution in [0.5, 0.6) is 0 Å². The van der Waals surface area contributed by atoms with Crippen LogP contribution in [0.25, 0.3) is 17.7 Å². The van der Waals surface area contributed by atoms with Gasteiger partial charge in [-0.1, -0.05) is 72.8 Å². The maximum atomic E-state index is 11.1. The Morgan fingerprint density at radius 2 is 1.60 bits per heavy atom. The van der Waals surface area contributed by atoms with Crippen LogP contribution in [0, 0.1) is 0 Å². The molecule has 2 aromatic carbocycles. The summed E-state index contributed by atoms with van der Waals surface area (Å²) in [5.41, 5.74) is 4.55. The first kappa shape index (κ1) is 16.8. The summed E-state index contributed by atoms with van der Waals surface area (Å²) in [6.45, 7) is 1.37. The number of amides is 1. The predicted octanol–water partition coefficient (Wildman–Crippen LogP) is 4.16. The van der Waals surface area contributed by atoms with E-state index in [1.807, 2.05) is 48.5 Å². The summed E-state index contributed by atoms with van der Waals surface area (Å²) in [7, 11) is 0. The minimum Gasteiger partial charge on any atom is -0.383 e. The molecule has 0 saturated heterocycles. The Morgan fingerprint density at radius 3 is 2.20 bits per heavy atom. The van der Waals surface area contributed by atoms with E-state index in [1.165, 1.54) is 6.92 Å². The molecule has 0 saturated carbocycles. The van der Waals surface area contributed by atoms with Crippen molar-refractivity contribution in [2.24, 2.45) is 4.99 Å². The van der Waals surface area contributed by atoms with Crippen LogP contribution < -0.4 is 0 Å². The largest absolute Gasteiger partial charge is 0.383 e. The zero-order valence-corrected chi connectivity index (χ0v) is 14.0. The van der Waals surface area contributed by atoms with Gasteiger partial charge in [0.1, 0.15) is 6.10 Å². The van der Waals surface area contributed by atoms with E-state index in [1.54, 1.807) is 12.2 Å². The van der Waals surface area contributed by atoms with Crippen molar-refractivity contribution >= 4 is 29.3 Å². The fraction of sp³-hybridized carbons (Fsp3) is 0.0909. The SMILES string of the molecule is CC(=O)N=C1C=CC(c2ccc(/C=C/c3ccccc3)cc2)=CC1O. The summed E-state index contributed by atoms with van der Waals surface area (Å²) >= 11 is 0. The molecule has 1 amide bonds. The first-order valence-electron chi connectivity index (χ1n) is 8.12. The highest BCUT2D eigenvalue weighted by molar-refractivity contribution is 6.09. The Bertz CT molecular complexity index is 872. The molecule has 1 aliphatic rings. The lowest BCUT2D eigenvalue weighted by atomic mass is 9.96. The third-order valence-electron chi connectivity index (χ3n) is 3.87. The number of aliphatic imine (C=N–C) groups is 1. The van der Waals surface area contributed by atoms with Gasteiger partial charge in [0.15, 0.2) is 0 Å². The van der Waals surface area contributed by atoms with E-state index in [0.29, 0.717) is 5.71 Å². The lowest BCUT2D eigenvalue weighted by Gasteiger charge is -2.14. The van der Waals surface area contributed by atoms with E-state index >= 15 is 0 Å². The van der Waals surface area contributed by atoms with E-state index in [0.717, 1.165) is 22.3 Å². The molecule has 1 N–H and O–H groups in total. The number of aliphatic hydroxyl groups is 1. The third-order valence-corrected chi connectivity index (χ3v) is 3.87. The van der Waals surface area contributed by atoms with E-state index in [2.05, 4.69) is 29.3 Å². The molecule has 3 nitrogen and oxygen atoms in total. The highest BCUT2D eigenvalue weighted by atomic mass is 16.3. The molecule has 0 aliphatic heterocycles. The van der Waals surface area contributed by atoms with Crippen molar-refractivity contribution in [3.63, 3.8) is 0 Å². The Labute approximate surface area is 147 Å². The number of nitrogens with zero attached hydrogens (tertiary/aromatic N) is 1. The van der Waals surface area contributed by atoms with Gasteiger partial charge in [-0.2, -0.15) is 0 Å². The summed E-state index contributed by atoms with van der Waals surface area (Å²) in [5.74, 6) is -0.315. The van der Waals surface area contributed by atoms with Gasteiger partial charge in [-0.15, -0.1) is 0 Å². The van der Waals surface area contributed by atoms with Crippen LogP contribution in [-0.2, 0) is 4.79 Å². The molecule has 1 unspecified atom stereocenters. The predicted molar refractivity (Wildman–Crippen MR) is 103 cm³/mol. The maximum absolute atomic E-state index is 11.1. The minimum absolute atomic E-state index is 0.315. The third kappa shape index (κ3) is 4.49. The normalized spacial score (nSPS) is 18.6. The van der Waals surface area contributed by atoms with Gasteiger partial charge in [0, 0.05) is 6.92 Å². The van der Waals surface area contributed by atoms with Gasteiger partial charge < -0.3 is 5.11 Å². The molecule has 0 bridgehead atoms. The Balaban J connectivity index is 1.74. The minimum atomic E-state index is -0.860. The van der Waals surface area contributed by atoms with Crippen LogP contribution in [0.3, 0.4) is 0 Å². The topological polar surface area (TPSA) is 49.7 Å². The fourth-order valence-corrected chi connectivity index (χ4v) is 2.61. The van der Waals surface area contributed by atoms with Gasteiger partial charge in [-0.05, 0) is 34.4 Å². The molecule has 3 heteroatoms. The lowest BCUT2D eigenvalue weighted by Crippen LogP contribution is -2.19. The number of benzene rings is 2. The van der Waals surface area contributed by atoms with Gasteiger partial charge in [-0.25, -0.2) is 4.99 Å². The monoisotopic (exact) mass is 329 g/mol. The van der Waals surface area contributed by atoms with E-state index in [4.69, 9.17) is 0 Å². The molecule has 1 atom stereocenters. The average molecular weight is 329 g/mol. The van der Waals surface area contributed by atoms with Crippen LogP contribution in [0.1, 0.15) is 23.6 Å². The molecule has 0 heterocycles. The molecule has 3 rings (SSSR count). The molecule has 2 aromatic rings. The van der Waals surface area contributed by atoms with Crippen LogP contribution in [0.15, 0.2) is 77.8 Å². The van der Waals surface area contributed by atoms with Gasteiger partial charge in [0.05, 0.1) is 5.71 Å². The molecule has 25 heavy (non-hydrogen) atoms. The number of hydrogen-bond donors (Lipinski definition) is 1. The van der Waals surface area contributed by atoms with Crippen molar-refractivity contribution in [3.05, 3.63) is 89.5 Å². The molecular formula is C22H19NO2. The second kappa shape index (κ2) is 7.69. The van der Waals surface area contributed by atoms with Crippen molar-refractivity contribution in [2.75, 3.05) is 0 Å². The molecule has 1 aliphatic carbocycles. The zero-order chi connectivity index (χ0) is 17.6. The highest BCUT2D eigenvalue weighted by Gasteiger charge is 2.14. The number of carbonyl (C=O) groups excluding carboxylic acids is 1. The summed E-state index contributed by atoms with van der Waals surface area (Å²) in [4.78, 5) is 14.9. The van der Waals surface area contributed by atoms with Crippen LogP contribution >= 0.6 is 0 Å². The Hall–Kier alpha value is -3.04. The van der Waals surface area contributed by atoms with Crippen molar-refractivity contribution in [2.45, 2.75) is 13.0 Å². The van der Waals surface area contributed by atoms with Crippen LogP contribution in [0.2, 0.25) is 0 Å². The summed E-state index contributed by atoms with van der Waals surface area (Å²) in [6, 6.07) is 18.2. The number of hydrogen-bond acceptors (Lipinski definition) is 2. The lowest BCUT2D eigenvalue weighted by molar-refractivity contribution is -0.115. The number of carbonyl (C=O) groups is 1. The molecule has 0 spiro atoms. The molecule has 0 fully saturated rings. The maximum Gasteiger partial charge on any atom is 0.242 e. The smallest absolute Gasteiger partial charge is 0.242 e. The summed E-state index contributed by atoms with van der Waals surface area (Å²) < 4.78 is 0. The molecule has 0 aromatic heterocycles.